The van der Waals surface area contributed by atoms with Crippen LogP contribution < -0.4 is 5.32 Å². The van der Waals surface area contributed by atoms with Crippen LogP contribution in [-0.2, 0) is 11.3 Å². The number of carbonyl (C=O) groups excluding carboxylic acids is 1. The Labute approximate surface area is 176 Å². The van der Waals surface area contributed by atoms with Gasteiger partial charge in [-0.1, -0.05) is 66.7 Å². The SMILES string of the molecule is N#C/C(=C/Nc1cccc2ccccc12)C(=O)N1CCN(Cc2ccccc2)CC1. The number of nitrogens with zero attached hydrogens (tertiary/aromatic N) is 3. The molecule has 1 amide bonds. The third kappa shape index (κ3) is 4.51. The van der Waals surface area contributed by atoms with E-state index in [0.717, 1.165) is 36.1 Å². The molecule has 30 heavy (non-hydrogen) atoms. The fraction of sp³-hybridized carbons (Fsp3) is 0.200. The average Bonchev–Trinajstić information content (AvgIpc) is 2.80. The third-order valence-corrected chi connectivity index (χ3v) is 5.42. The molecule has 0 saturated carbocycles. The normalized spacial score (nSPS) is 15.0. The molecule has 150 valence electrons. The molecule has 0 atom stereocenters. The van der Waals surface area contributed by atoms with Gasteiger partial charge in [-0.3, -0.25) is 9.69 Å². The first kappa shape index (κ1) is 19.7. The summed E-state index contributed by atoms with van der Waals surface area (Å²) < 4.78 is 0. The lowest BCUT2D eigenvalue weighted by atomic mass is 10.1. The molecule has 5 heteroatoms. The molecule has 1 fully saturated rings. The minimum atomic E-state index is -0.218. The summed E-state index contributed by atoms with van der Waals surface area (Å²) in [6.45, 7) is 3.73. The number of rotatable bonds is 5. The van der Waals surface area contributed by atoms with Crippen LogP contribution in [0.4, 0.5) is 5.69 Å². The van der Waals surface area contributed by atoms with Gasteiger partial charge < -0.3 is 10.2 Å². The summed E-state index contributed by atoms with van der Waals surface area (Å²) in [4.78, 5) is 17.0. The molecule has 3 aromatic carbocycles. The van der Waals surface area contributed by atoms with Gasteiger partial charge in [-0.05, 0) is 17.0 Å². The predicted octanol–water partition coefficient (Wildman–Crippen LogP) is 4.00. The highest BCUT2D eigenvalue weighted by molar-refractivity contribution is 5.99. The Hall–Kier alpha value is -3.62. The zero-order valence-electron chi connectivity index (χ0n) is 16.8. The predicted molar refractivity (Wildman–Crippen MR) is 120 cm³/mol. The summed E-state index contributed by atoms with van der Waals surface area (Å²) in [6.07, 6.45) is 1.53. The van der Waals surface area contributed by atoms with Crippen LogP contribution in [0.2, 0.25) is 0 Å². The van der Waals surface area contributed by atoms with Crippen LogP contribution in [0.3, 0.4) is 0 Å². The number of nitrogens with one attached hydrogen (secondary N) is 1. The number of hydrogen-bond acceptors (Lipinski definition) is 4. The van der Waals surface area contributed by atoms with Gasteiger partial charge in [0.1, 0.15) is 11.6 Å². The van der Waals surface area contributed by atoms with Crippen LogP contribution in [0.25, 0.3) is 10.8 Å². The van der Waals surface area contributed by atoms with Gasteiger partial charge in [0, 0.05) is 50.0 Å². The molecule has 4 rings (SSSR count). The molecule has 1 heterocycles. The minimum absolute atomic E-state index is 0.124. The number of carbonyl (C=O) groups is 1. The molecule has 1 saturated heterocycles. The maximum absolute atomic E-state index is 12.9. The number of benzene rings is 3. The van der Waals surface area contributed by atoms with E-state index in [1.807, 2.05) is 60.7 Å². The lowest BCUT2D eigenvalue weighted by Gasteiger charge is -2.34. The zero-order valence-corrected chi connectivity index (χ0v) is 16.8. The number of amides is 1. The van der Waals surface area contributed by atoms with Crippen LogP contribution in [-0.4, -0.2) is 41.9 Å². The number of anilines is 1. The molecule has 0 aromatic heterocycles. The first-order chi connectivity index (χ1) is 14.7. The number of nitriles is 1. The minimum Gasteiger partial charge on any atom is -0.360 e. The molecule has 0 bridgehead atoms. The lowest BCUT2D eigenvalue weighted by molar-refractivity contribution is -0.128. The molecule has 0 spiro atoms. The summed E-state index contributed by atoms with van der Waals surface area (Å²) in [7, 11) is 0. The molecular formula is C25H24N4O. The van der Waals surface area contributed by atoms with Crippen molar-refractivity contribution in [2.45, 2.75) is 6.54 Å². The van der Waals surface area contributed by atoms with Gasteiger partial charge in [0.15, 0.2) is 0 Å². The van der Waals surface area contributed by atoms with Crippen molar-refractivity contribution in [2.24, 2.45) is 0 Å². The second-order valence-corrected chi connectivity index (χ2v) is 7.39. The van der Waals surface area contributed by atoms with E-state index in [-0.39, 0.29) is 11.5 Å². The van der Waals surface area contributed by atoms with E-state index in [2.05, 4.69) is 28.4 Å². The quantitative estimate of drug-likeness (QED) is 0.523. The van der Waals surface area contributed by atoms with Crippen LogP contribution in [0.5, 0.6) is 0 Å². The Morgan fingerprint density at radius 1 is 0.933 bits per heavy atom. The van der Waals surface area contributed by atoms with Crippen molar-refractivity contribution in [3.8, 4) is 6.07 Å². The molecular weight excluding hydrogens is 372 g/mol. The molecule has 1 aliphatic rings. The van der Waals surface area contributed by atoms with E-state index in [0.29, 0.717) is 13.1 Å². The lowest BCUT2D eigenvalue weighted by Crippen LogP contribution is -2.48. The monoisotopic (exact) mass is 396 g/mol. The van der Waals surface area contributed by atoms with Gasteiger partial charge in [0.2, 0.25) is 0 Å². The van der Waals surface area contributed by atoms with E-state index < -0.39 is 0 Å². The van der Waals surface area contributed by atoms with Gasteiger partial charge in [-0.15, -0.1) is 0 Å². The topological polar surface area (TPSA) is 59.4 Å². The fourth-order valence-electron chi connectivity index (χ4n) is 3.76. The summed E-state index contributed by atoms with van der Waals surface area (Å²) in [6, 6.07) is 26.4. The number of piperazine rings is 1. The van der Waals surface area contributed by atoms with E-state index in [4.69, 9.17) is 0 Å². The average molecular weight is 396 g/mol. The second-order valence-electron chi connectivity index (χ2n) is 7.39. The summed E-state index contributed by atoms with van der Waals surface area (Å²) in [5.74, 6) is -0.218. The highest BCUT2D eigenvalue weighted by atomic mass is 16.2. The van der Waals surface area contributed by atoms with Gasteiger partial charge in [-0.25, -0.2) is 0 Å². The highest BCUT2D eigenvalue weighted by Crippen LogP contribution is 2.23. The van der Waals surface area contributed by atoms with Crippen molar-refractivity contribution in [3.63, 3.8) is 0 Å². The number of fused-ring (bicyclic) bond motifs is 1. The van der Waals surface area contributed by atoms with Crippen LogP contribution in [0, 0.1) is 11.3 Å². The summed E-state index contributed by atoms with van der Waals surface area (Å²) >= 11 is 0. The summed E-state index contributed by atoms with van der Waals surface area (Å²) in [5, 5.41) is 14.9. The van der Waals surface area contributed by atoms with Crippen LogP contribution >= 0.6 is 0 Å². The Bertz CT molecular complexity index is 1090. The van der Waals surface area contributed by atoms with Gasteiger partial charge >= 0.3 is 0 Å². The maximum Gasteiger partial charge on any atom is 0.266 e. The molecule has 1 N–H and O–H groups in total. The molecule has 0 aliphatic carbocycles. The van der Waals surface area contributed by atoms with Gasteiger partial charge in [-0.2, -0.15) is 5.26 Å². The van der Waals surface area contributed by atoms with Crippen molar-refractivity contribution in [3.05, 3.63) is 90.1 Å². The number of hydrogen-bond donors (Lipinski definition) is 1. The van der Waals surface area contributed by atoms with E-state index in [1.54, 1.807) is 4.90 Å². The van der Waals surface area contributed by atoms with Crippen LogP contribution in [0.15, 0.2) is 84.6 Å². The van der Waals surface area contributed by atoms with E-state index in [1.165, 1.54) is 11.8 Å². The molecule has 0 unspecified atom stereocenters. The van der Waals surface area contributed by atoms with Crippen molar-refractivity contribution >= 4 is 22.4 Å². The molecule has 5 nitrogen and oxygen atoms in total. The maximum atomic E-state index is 12.9. The largest absolute Gasteiger partial charge is 0.360 e. The summed E-state index contributed by atoms with van der Waals surface area (Å²) in [5.41, 5.74) is 2.27. The Kier molecular flexibility index (Phi) is 6.07. The van der Waals surface area contributed by atoms with Crippen LogP contribution in [0.1, 0.15) is 5.56 Å². The Morgan fingerprint density at radius 2 is 1.63 bits per heavy atom. The Morgan fingerprint density at radius 3 is 2.40 bits per heavy atom. The smallest absolute Gasteiger partial charge is 0.266 e. The zero-order chi connectivity index (χ0) is 20.8. The van der Waals surface area contributed by atoms with Crippen molar-refractivity contribution < 1.29 is 4.79 Å². The van der Waals surface area contributed by atoms with Crippen molar-refractivity contribution in [2.75, 3.05) is 31.5 Å². The van der Waals surface area contributed by atoms with E-state index >= 15 is 0 Å². The van der Waals surface area contributed by atoms with Crippen molar-refractivity contribution in [1.29, 1.82) is 5.26 Å². The Balaban J connectivity index is 1.39. The fourth-order valence-corrected chi connectivity index (χ4v) is 3.76. The molecule has 1 aliphatic heterocycles. The van der Waals surface area contributed by atoms with E-state index in [9.17, 15) is 10.1 Å². The van der Waals surface area contributed by atoms with Gasteiger partial charge in [0.25, 0.3) is 5.91 Å². The van der Waals surface area contributed by atoms with Crippen molar-refractivity contribution in [1.82, 2.24) is 9.80 Å². The standard InChI is InChI=1S/C25H24N4O/c26-17-22(18-27-24-12-6-10-21-9-4-5-11-23(21)24)25(30)29-15-13-28(14-16-29)19-20-7-2-1-3-8-20/h1-12,18,27H,13-16,19H2/b22-18-. The first-order valence-electron chi connectivity index (χ1n) is 10.1. The molecule has 0 radical (unpaired) electrons. The third-order valence-electron chi connectivity index (χ3n) is 5.42. The first-order valence-corrected chi connectivity index (χ1v) is 10.1. The highest BCUT2D eigenvalue weighted by Gasteiger charge is 2.23. The second kappa shape index (κ2) is 9.25. The molecule has 3 aromatic rings. The van der Waals surface area contributed by atoms with Gasteiger partial charge in [0.05, 0.1) is 0 Å².